The molecule has 1 unspecified atom stereocenters. The van der Waals surface area contributed by atoms with Gasteiger partial charge >= 0.3 is 0 Å². The van der Waals surface area contributed by atoms with Gasteiger partial charge in [-0.2, -0.15) is 0 Å². The maximum absolute atomic E-state index is 11.5. The van der Waals surface area contributed by atoms with Crippen LogP contribution in [0.5, 0.6) is 0 Å². The van der Waals surface area contributed by atoms with Gasteiger partial charge in [-0.25, -0.2) is 0 Å². The minimum Gasteiger partial charge on any atom is -0.353 e. The van der Waals surface area contributed by atoms with E-state index in [1.807, 2.05) is 13.8 Å². The van der Waals surface area contributed by atoms with E-state index in [0.29, 0.717) is 18.0 Å². The van der Waals surface area contributed by atoms with Crippen molar-refractivity contribution in [3.8, 4) is 0 Å². The second-order valence-electron chi connectivity index (χ2n) is 5.89. The molecule has 0 aromatic carbocycles. The highest BCUT2D eigenvalue weighted by molar-refractivity contribution is 5.78. The van der Waals surface area contributed by atoms with Crippen molar-refractivity contribution in [3.63, 3.8) is 0 Å². The molecular weight excluding hydrogens is 200 g/mol. The Kier molecular flexibility index (Phi) is 4.78. The molecule has 2 N–H and O–H groups in total. The summed E-state index contributed by atoms with van der Waals surface area (Å²) in [5.41, 5.74) is 0.330. The molecule has 0 heterocycles. The lowest BCUT2D eigenvalue weighted by Crippen LogP contribution is -2.48. The highest BCUT2D eigenvalue weighted by Crippen LogP contribution is 2.35. The predicted molar refractivity (Wildman–Crippen MR) is 67.3 cm³/mol. The molecule has 3 nitrogen and oxygen atoms in total. The van der Waals surface area contributed by atoms with Crippen molar-refractivity contribution in [1.29, 1.82) is 0 Å². The third-order valence-electron chi connectivity index (χ3n) is 3.47. The molecule has 1 aliphatic carbocycles. The second-order valence-corrected chi connectivity index (χ2v) is 5.89. The molecule has 1 amide bonds. The Morgan fingerprint density at radius 1 is 1.38 bits per heavy atom. The van der Waals surface area contributed by atoms with Crippen LogP contribution in [0, 0.1) is 5.41 Å². The van der Waals surface area contributed by atoms with Crippen molar-refractivity contribution in [2.45, 2.75) is 65.5 Å². The maximum atomic E-state index is 11.5. The molecule has 0 spiro atoms. The molecule has 0 saturated heterocycles. The molecule has 1 aliphatic rings. The largest absolute Gasteiger partial charge is 0.353 e. The van der Waals surface area contributed by atoms with Gasteiger partial charge in [0.1, 0.15) is 0 Å². The number of rotatable bonds is 4. The van der Waals surface area contributed by atoms with E-state index in [2.05, 4.69) is 24.5 Å². The number of hydrogen-bond acceptors (Lipinski definition) is 2. The molecular formula is C13H26N2O. The summed E-state index contributed by atoms with van der Waals surface area (Å²) in [7, 11) is 0. The summed E-state index contributed by atoms with van der Waals surface area (Å²) < 4.78 is 0. The van der Waals surface area contributed by atoms with Crippen LogP contribution in [-0.2, 0) is 4.79 Å². The summed E-state index contributed by atoms with van der Waals surface area (Å²) in [5, 5.41) is 6.31. The minimum atomic E-state index is 0.108. The summed E-state index contributed by atoms with van der Waals surface area (Å²) in [6.07, 6.45) is 5.06. The highest BCUT2D eigenvalue weighted by atomic mass is 16.1. The van der Waals surface area contributed by atoms with E-state index in [9.17, 15) is 4.79 Å². The fraction of sp³-hybridized carbons (Fsp3) is 0.923. The molecule has 0 bridgehead atoms. The van der Waals surface area contributed by atoms with E-state index >= 15 is 0 Å². The first kappa shape index (κ1) is 13.5. The van der Waals surface area contributed by atoms with Gasteiger partial charge in [0.25, 0.3) is 0 Å². The molecule has 0 aliphatic heterocycles. The first-order valence-electron chi connectivity index (χ1n) is 6.44. The summed E-state index contributed by atoms with van der Waals surface area (Å²) >= 11 is 0. The average molecular weight is 226 g/mol. The van der Waals surface area contributed by atoms with E-state index < -0.39 is 0 Å². The molecule has 16 heavy (non-hydrogen) atoms. The lowest BCUT2D eigenvalue weighted by molar-refractivity contribution is -0.121. The number of amides is 1. The fourth-order valence-corrected chi connectivity index (χ4v) is 2.46. The van der Waals surface area contributed by atoms with Crippen LogP contribution in [0.25, 0.3) is 0 Å². The Morgan fingerprint density at radius 2 is 2.06 bits per heavy atom. The molecule has 3 heteroatoms. The first-order chi connectivity index (χ1) is 7.42. The van der Waals surface area contributed by atoms with Gasteiger partial charge in [0.15, 0.2) is 0 Å². The van der Waals surface area contributed by atoms with Crippen molar-refractivity contribution in [1.82, 2.24) is 10.6 Å². The van der Waals surface area contributed by atoms with Crippen LogP contribution in [-0.4, -0.2) is 24.5 Å². The van der Waals surface area contributed by atoms with Gasteiger partial charge in [-0.1, -0.05) is 26.7 Å². The van der Waals surface area contributed by atoms with Crippen molar-refractivity contribution in [2.75, 3.05) is 6.54 Å². The van der Waals surface area contributed by atoms with Crippen LogP contribution in [0.4, 0.5) is 0 Å². The van der Waals surface area contributed by atoms with Crippen molar-refractivity contribution in [2.24, 2.45) is 5.41 Å². The first-order valence-corrected chi connectivity index (χ1v) is 6.44. The van der Waals surface area contributed by atoms with Gasteiger partial charge in [0.05, 0.1) is 6.54 Å². The molecule has 1 atom stereocenters. The van der Waals surface area contributed by atoms with Gasteiger partial charge in [0.2, 0.25) is 5.91 Å². The Balaban J connectivity index is 2.33. The van der Waals surface area contributed by atoms with Gasteiger partial charge < -0.3 is 10.6 Å². The Bertz CT molecular complexity index is 236. The summed E-state index contributed by atoms with van der Waals surface area (Å²) in [6.45, 7) is 9.02. The van der Waals surface area contributed by atoms with Gasteiger partial charge in [-0.05, 0) is 32.1 Å². The molecule has 94 valence electrons. The molecule has 0 radical (unpaired) electrons. The lowest BCUT2D eigenvalue weighted by Gasteiger charge is -2.39. The molecule has 0 aromatic heterocycles. The standard InChI is InChI=1S/C13H26N2O/c1-10(2)15-12(16)9-14-11-7-5-6-8-13(11,3)4/h10-11,14H,5-9H2,1-4H3,(H,15,16). The van der Waals surface area contributed by atoms with Gasteiger partial charge in [-0.15, -0.1) is 0 Å². The third-order valence-corrected chi connectivity index (χ3v) is 3.47. The summed E-state index contributed by atoms with van der Waals surface area (Å²) in [4.78, 5) is 11.5. The normalized spacial score (nSPS) is 24.4. The van der Waals surface area contributed by atoms with E-state index in [1.165, 1.54) is 25.7 Å². The van der Waals surface area contributed by atoms with Crippen LogP contribution in [0.15, 0.2) is 0 Å². The van der Waals surface area contributed by atoms with E-state index in [4.69, 9.17) is 0 Å². The summed E-state index contributed by atoms with van der Waals surface area (Å²) in [6, 6.07) is 0.716. The quantitative estimate of drug-likeness (QED) is 0.770. The SMILES string of the molecule is CC(C)NC(=O)CNC1CCCCC1(C)C. The van der Waals surface area contributed by atoms with Crippen LogP contribution < -0.4 is 10.6 Å². The van der Waals surface area contributed by atoms with Crippen LogP contribution in [0.3, 0.4) is 0 Å². The molecule has 1 saturated carbocycles. The zero-order chi connectivity index (χ0) is 12.2. The zero-order valence-electron chi connectivity index (χ0n) is 11.1. The maximum Gasteiger partial charge on any atom is 0.234 e. The second kappa shape index (κ2) is 5.67. The number of nitrogens with one attached hydrogen (secondary N) is 2. The smallest absolute Gasteiger partial charge is 0.234 e. The third kappa shape index (κ3) is 4.12. The van der Waals surface area contributed by atoms with Crippen molar-refractivity contribution >= 4 is 5.91 Å². The van der Waals surface area contributed by atoms with Crippen LogP contribution in [0.2, 0.25) is 0 Å². The lowest BCUT2D eigenvalue weighted by atomic mass is 9.73. The van der Waals surface area contributed by atoms with E-state index in [0.717, 1.165) is 0 Å². The van der Waals surface area contributed by atoms with Crippen molar-refractivity contribution < 1.29 is 4.79 Å². The van der Waals surface area contributed by atoms with Crippen LogP contribution >= 0.6 is 0 Å². The Labute approximate surface area is 99.4 Å². The zero-order valence-corrected chi connectivity index (χ0v) is 11.1. The molecule has 1 fully saturated rings. The summed E-state index contributed by atoms with van der Waals surface area (Å²) in [5.74, 6) is 0.108. The van der Waals surface area contributed by atoms with Gasteiger partial charge in [0, 0.05) is 12.1 Å². The number of hydrogen-bond donors (Lipinski definition) is 2. The Hall–Kier alpha value is -0.570. The minimum absolute atomic E-state index is 0.108. The van der Waals surface area contributed by atoms with Crippen LogP contribution in [0.1, 0.15) is 53.4 Å². The molecule has 1 rings (SSSR count). The van der Waals surface area contributed by atoms with Crippen molar-refractivity contribution in [3.05, 3.63) is 0 Å². The monoisotopic (exact) mass is 226 g/mol. The Morgan fingerprint density at radius 3 is 2.62 bits per heavy atom. The average Bonchev–Trinajstić information content (AvgIpc) is 2.14. The highest BCUT2D eigenvalue weighted by Gasteiger charge is 2.31. The molecule has 0 aromatic rings. The van der Waals surface area contributed by atoms with E-state index in [-0.39, 0.29) is 11.9 Å². The van der Waals surface area contributed by atoms with Gasteiger partial charge in [-0.3, -0.25) is 4.79 Å². The van der Waals surface area contributed by atoms with E-state index in [1.54, 1.807) is 0 Å². The number of carbonyl (C=O) groups is 1. The number of carbonyl (C=O) groups excluding carboxylic acids is 1. The predicted octanol–water partition coefficient (Wildman–Crippen LogP) is 2.07. The fourth-order valence-electron chi connectivity index (χ4n) is 2.46. The topological polar surface area (TPSA) is 41.1 Å².